The van der Waals surface area contributed by atoms with E-state index in [1.54, 1.807) is 0 Å². The molecule has 44 valence electrons. The van der Waals surface area contributed by atoms with Crippen LogP contribution in [0, 0.1) is 0 Å². The van der Waals surface area contributed by atoms with Crippen LogP contribution in [0.4, 0.5) is 21.6 Å². The van der Waals surface area contributed by atoms with Gasteiger partial charge in [0.2, 0.25) is 0 Å². The first-order chi connectivity index (χ1) is 2.94. The third-order valence-electron chi connectivity index (χ3n) is 0.192. The predicted molar refractivity (Wildman–Crippen MR) is 15.2 cm³/mol. The SMILES string of the molecule is FP(F)C(F)(F)F. The lowest BCUT2D eigenvalue weighted by Gasteiger charge is -1.98. The van der Waals surface area contributed by atoms with Gasteiger partial charge in [0.25, 0.3) is 0 Å². The Balaban J connectivity index is 3.54. The van der Waals surface area contributed by atoms with E-state index in [0.29, 0.717) is 0 Å². The molecule has 6 heteroatoms. The average Bonchev–Trinajstić information content (AvgIpc) is 1.31. The highest BCUT2D eigenvalue weighted by molar-refractivity contribution is 7.47. The quantitative estimate of drug-likeness (QED) is 0.356. The highest BCUT2D eigenvalue weighted by atomic mass is 31.2. The number of hydrogen-bond acceptors (Lipinski definition) is 0. The summed E-state index contributed by atoms with van der Waals surface area (Å²) in [4.78, 5) is 0. The number of hydrogen-bond donors (Lipinski definition) is 0. The zero-order valence-corrected chi connectivity index (χ0v) is 3.73. The largest absolute Gasteiger partial charge is 0.468 e. The van der Waals surface area contributed by atoms with Crippen molar-refractivity contribution in [1.82, 2.24) is 0 Å². The van der Waals surface area contributed by atoms with E-state index < -0.39 is 14.5 Å². The van der Waals surface area contributed by atoms with E-state index in [0.717, 1.165) is 0 Å². The van der Waals surface area contributed by atoms with Gasteiger partial charge >= 0.3 is 14.5 Å². The molecule has 0 rings (SSSR count). The third kappa shape index (κ3) is 2.74. The van der Waals surface area contributed by atoms with Crippen LogP contribution < -0.4 is 0 Å². The van der Waals surface area contributed by atoms with E-state index in [2.05, 4.69) is 0 Å². The standard InChI is InChI=1S/CF5P/c2-1(3,4)7(5)6. The van der Waals surface area contributed by atoms with E-state index in [4.69, 9.17) is 0 Å². The van der Waals surface area contributed by atoms with Gasteiger partial charge in [-0.1, -0.05) is 0 Å². The van der Waals surface area contributed by atoms with Crippen molar-refractivity contribution < 1.29 is 21.6 Å². The molecule has 0 aromatic carbocycles. The summed E-state index contributed by atoms with van der Waals surface area (Å²) in [7, 11) is -4.74. The Hall–Kier alpha value is 0.0800. The van der Waals surface area contributed by atoms with Gasteiger partial charge in [-0.05, 0) is 0 Å². The summed E-state index contributed by atoms with van der Waals surface area (Å²) >= 11 is 0. The van der Waals surface area contributed by atoms with E-state index in [-0.39, 0.29) is 0 Å². The van der Waals surface area contributed by atoms with Crippen molar-refractivity contribution in [3.8, 4) is 0 Å². The molecule has 0 amide bonds. The molecule has 0 nitrogen and oxygen atoms in total. The van der Waals surface area contributed by atoms with Crippen molar-refractivity contribution in [2.24, 2.45) is 0 Å². The summed E-state index contributed by atoms with van der Waals surface area (Å²) < 4.78 is 52.3. The van der Waals surface area contributed by atoms with Crippen molar-refractivity contribution in [3.05, 3.63) is 0 Å². The van der Waals surface area contributed by atoms with Crippen LogP contribution in [0.3, 0.4) is 0 Å². The molecule has 0 bridgehead atoms. The van der Waals surface area contributed by atoms with E-state index in [1.807, 2.05) is 0 Å². The lowest BCUT2D eigenvalue weighted by atomic mass is 11.6. The molecule has 7 heavy (non-hydrogen) atoms. The van der Waals surface area contributed by atoms with Crippen LogP contribution in [0.5, 0.6) is 0 Å². The molecule has 0 heterocycles. The van der Waals surface area contributed by atoms with Crippen LogP contribution in [0.1, 0.15) is 0 Å². The lowest BCUT2D eigenvalue weighted by molar-refractivity contribution is -0.0488. The van der Waals surface area contributed by atoms with Gasteiger partial charge in [-0.15, -0.1) is 0 Å². The second-order valence-corrected chi connectivity index (χ2v) is 1.67. The first kappa shape index (κ1) is 7.08. The number of rotatable bonds is 0. The van der Waals surface area contributed by atoms with Crippen LogP contribution in [0.15, 0.2) is 0 Å². The van der Waals surface area contributed by atoms with Crippen LogP contribution in [-0.4, -0.2) is 5.92 Å². The normalized spacial score (nSPS) is 12.9. The van der Waals surface area contributed by atoms with E-state index in [1.165, 1.54) is 0 Å². The second kappa shape index (κ2) is 1.90. The maximum absolute atomic E-state index is 10.5. The van der Waals surface area contributed by atoms with E-state index >= 15 is 0 Å². The number of halogens is 5. The molecule has 0 N–H and O–H groups in total. The maximum Gasteiger partial charge on any atom is 0.468 e. The van der Waals surface area contributed by atoms with Crippen LogP contribution in [-0.2, 0) is 0 Å². The Bertz CT molecular complexity index is 53.6. The van der Waals surface area contributed by atoms with Crippen molar-refractivity contribution in [1.29, 1.82) is 0 Å². The van der Waals surface area contributed by atoms with Gasteiger partial charge in [-0.3, -0.25) is 0 Å². The Morgan fingerprint density at radius 2 is 1.14 bits per heavy atom. The average molecular weight is 138 g/mol. The van der Waals surface area contributed by atoms with Gasteiger partial charge in [0.15, 0.2) is 0 Å². The summed E-state index contributed by atoms with van der Waals surface area (Å²) in [5.74, 6) is -5.27. The third-order valence-corrected chi connectivity index (χ3v) is 0.575. The van der Waals surface area contributed by atoms with Crippen molar-refractivity contribution in [2.45, 2.75) is 5.92 Å². The van der Waals surface area contributed by atoms with E-state index in [9.17, 15) is 21.6 Å². The number of alkyl halides is 3. The van der Waals surface area contributed by atoms with Gasteiger partial charge in [0, 0.05) is 0 Å². The molecule has 0 aliphatic heterocycles. The Morgan fingerprint density at radius 1 is 1.00 bits per heavy atom. The molecule has 0 spiro atoms. The summed E-state index contributed by atoms with van der Waals surface area (Å²) in [5.41, 5.74) is 0. The minimum absolute atomic E-state index is 4.74. The van der Waals surface area contributed by atoms with Crippen molar-refractivity contribution >= 4 is 8.54 Å². The fourth-order valence-corrected chi connectivity index (χ4v) is 0. The summed E-state index contributed by atoms with van der Waals surface area (Å²) in [5, 5.41) is 0. The first-order valence-electron chi connectivity index (χ1n) is 1.13. The lowest BCUT2D eigenvalue weighted by Crippen LogP contribution is -1.96. The molecule has 0 fully saturated rings. The summed E-state index contributed by atoms with van der Waals surface area (Å²) in [6, 6.07) is 0. The van der Waals surface area contributed by atoms with Gasteiger partial charge < -0.3 is 0 Å². The fraction of sp³-hybridized carbons (Fsp3) is 1.00. The van der Waals surface area contributed by atoms with Gasteiger partial charge in [-0.25, -0.2) is 0 Å². The van der Waals surface area contributed by atoms with Gasteiger partial charge in [0.1, 0.15) is 0 Å². The van der Waals surface area contributed by atoms with Crippen LogP contribution in [0.25, 0.3) is 0 Å². The van der Waals surface area contributed by atoms with Gasteiger partial charge in [0.05, 0.1) is 0 Å². The fourth-order valence-electron chi connectivity index (χ4n) is 0. The van der Waals surface area contributed by atoms with Crippen molar-refractivity contribution in [2.75, 3.05) is 0 Å². The molecule has 0 saturated carbocycles. The maximum atomic E-state index is 10.5. The Labute approximate surface area is 37.3 Å². The molecule has 0 unspecified atom stereocenters. The highest BCUT2D eigenvalue weighted by Gasteiger charge is 2.42. The molecule has 0 atom stereocenters. The van der Waals surface area contributed by atoms with Crippen molar-refractivity contribution in [3.63, 3.8) is 0 Å². The van der Waals surface area contributed by atoms with Crippen LogP contribution >= 0.6 is 8.54 Å². The molecular formula is CF5P. The Kier molecular flexibility index (Phi) is 1.92. The second-order valence-electron chi connectivity index (χ2n) is 0.701. The molecular weight excluding hydrogens is 138 g/mol. The Morgan fingerprint density at radius 3 is 1.14 bits per heavy atom. The zero-order chi connectivity index (χ0) is 6.08. The molecule has 0 saturated heterocycles. The topological polar surface area (TPSA) is 0 Å². The predicted octanol–water partition coefficient (Wildman–Crippen LogP) is 2.76. The minimum Gasteiger partial charge on any atom is -0.178 e. The highest BCUT2D eigenvalue weighted by Crippen LogP contribution is 2.55. The smallest absolute Gasteiger partial charge is 0.178 e. The zero-order valence-electron chi connectivity index (χ0n) is 2.84. The monoisotopic (exact) mass is 138 g/mol. The summed E-state index contributed by atoms with van der Waals surface area (Å²) in [6.07, 6.45) is 0. The molecule has 0 aromatic rings. The first-order valence-corrected chi connectivity index (χ1v) is 2.25. The minimum atomic E-state index is -5.27. The molecule has 0 radical (unpaired) electrons. The van der Waals surface area contributed by atoms with Crippen LogP contribution in [0.2, 0.25) is 0 Å². The summed E-state index contributed by atoms with van der Waals surface area (Å²) in [6.45, 7) is 0. The molecule has 0 aliphatic rings. The van der Waals surface area contributed by atoms with Gasteiger partial charge in [-0.2, -0.15) is 21.6 Å². The molecule has 0 aliphatic carbocycles. The molecule has 0 aromatic heterocycles.